The van der Waals surface area contributed by atoms with E-state index in [1.54, 1.807) is 6.92 Å². The van der Waals surface area contributed by atoms with Crippen molar-refractivity contribution in [1.82, 2.24) is 5.32 Å². The van der Waals surface area contributed by atoms with Crippen LogP contribution in [0.4, 0.5) is 0 Å². The van der Waals surface area contributed by atoms with Crippen molar-refractivity contribution in [2.45, 2.75) is 19.8 Å². The molecule has 16 heavy (non-hydrogen) atoms. The third kappa shape index (κ3) is 6.48. The summed E-state index contributed by atoms with van der Waals surface area (Å²) in [5, 5.41) is 2.42. The summed E-state index contributed by atoms with van der Waals surface area (Å²) in [6.45, 7) is 1.88. The van der Waals surface area contributed by atoms with Gasteiger partial charge in [0.1, 0.15) is 5.92 Å². The zero-order valence-electron chi connectivity index (χ0n) is 9.43. The highest BCUT2D eigenvalue weighted by Crippen LogP contribution is 2.22. The fourth-order valence-electron chi connectivity index (χ4n) is 1.16. The van der Waals surface area contributed by atoms with Crippen LogP contribution in [-0.2, 0) is 18.9 Å². The van der Waals surface area contributed by atoms with Crippen LogP contribution in [0.15, 0.2) is 0 Å². The highest BCUT2D eigenvalue weighted by molar-refractivity contribution is 7.38. The predicted molar refractivity (Wildman–Crippen MR) is 58.1 cm³/mol. The van der Waals surface area contributed by atoms with Crippen LogP contribution in [0.25, 0.3) is 0 Å². The van der Waals surface area contributed by atoms with E-state index >= 15 is 0 Å². The molecular weight excluding hydrogens is 233 g/mol. The largest absolute Gasteiger partial charge is 0.506 e. The van der Waals surface area contributed by atoms with Gasteiger partial charge in [-0.3, -0.25) is 9.59 Å². The van der Waals surface area contributed by atoms with Crippen LogP contribution >= 0.6 is 8.03 Å². The molecule has 0 aromatic heterocycles. The number of ether oxygens (including phenoxy) is 1. The Labute approximate surface area is 95.2 Å². The third-order valence-electron chi connectivity index (χ3n) is 2.00. The first-order valence-corrected chi connectivity index (χ1v) is 6.41. The van der Waals surface area contributed by atoms with Crippen LogP contribution in [0.1, 0.15) is 19.8 Å². The minimum Gasteiger partial charge on any atom is -0.466 e. The van der Waals surface area contributed by atoms with Gasteiger partial charge in [0.2, 0.25) is 5.91 Å². The number of carbonyl (C=O) groups is 2. The van der Waals surface area contributed by atoms with Crippen LogP contribution < -0.4 is 5.32 Å². The molecule has 0 aliphatic carbocycles. The Kier molecular flexibility index (Phi) is 7.68. The highest BCUT2D eigenvalue weighted by Gasteiger charge is 2.29. The zero-order valence-corrected chi connectivity index (χ0v) is 10.3. The summed E-state index contributed by atoms with van der Waals surface area (Å²) in [7, 11) is -0.906. The van der Waals surface area contributed by atoms with Gasteiger partial charge < -0.3 is 10.1 Å². The van der Waals surface area contributed by atoms with Gasteiger partial charge in [0.05, 0.1) is 6.61 Å². The molecule has 0 radical (unpaired) electrons. The molecule has 0 saturated heterocycles. The van der Waals surface area contributed by atoms with Crippen LogP contribution in [0.2, 0.25) is 0 Å². The van der Waals surface area contributed by atoms with E-state index in [9.17, 15) is 14.2 Å². The summed E-state index contributed by atoms with van der Waals surface area (Å²) in [5.41, 5.74) is 0. The van der Waals surface area contributed by atoms with Crippen molar-refractivity contribution in [2.24, 2.45) is 5.92 Å². The van der Waals surface area contributed by atoms with E-state index in [0.29, 0.717) is 0 Å². The summed E-state index contributed by atoms with van der Waals surface area (Å²) in [6, 6.07) is 0. The van der Waals surface area contributed by atoms with E-state index in [2.05, 4.69) is 5.32 Å². The first-order chi connectivity index (χ1) is 7.51. The SMILES string of the molecule is CCOC(=O)C(CCC(=O)NC)C[P+](=O)O. The van der Waals surface area contributed by atoms with Crippen molar-refractivity contribution in [3.8, 4) is 0 Å². The lowest BCUT2D eigenvalue weighted by atomic mass is 10.1. The molecule has 0 aromatic carbocycles. The third-order valence-corrected chi connectivity index (χ3v) is 2.75. The molecule has 0 saturated carbocycles. The average molecular weight is 250 g/mol. The molecule has 2 unspecified atom stereocenters. The molecule has 0 aromatic rings. The molecule has 6 nitrogen and oxygen atoms in total. The minimum absolute atomic E-state index is 0.142. The highest BCUT2D eigenvalue weighted by atomic mass is 31.1. The molecule has 2 N–H and O–H groups in total. The van der Waals surface area contributed by atoms with Gasteiger partial charge in [-0.05, 0) is 17.9 Å². The molecule has 0 aliphatic rings. The molecule has 1 amide bonds. The predicted octanol–water partition coefficient (Wildman–Crippen LogP) is 0.427. The lowest BCUT2D eigenvalue weighted by Gasteiger charge is -2.09. The number of hydrogen-bond acceptors (Lipinski definition) is 4. The molecule has 0 bridgehead atoms. The number of esters is 1. The second-order valence-corrected chi connectivity index (χ2v) is 4.27. The molecule has 0 aliphatic heterocycles. The Hall–Kier alpha value is -1.00. The van der Waals surface area contributed by atoms with Gasteiger partial charge in [-0.1, -0.05) is 0 Å². The summed E-state index contributed by atoms with van der Waals surface area (Å²) < 4.78 is 15.4. The standard InChI is InChI=1S/C9H16NO5P/c1-3-15-9(12)7(6-16(13)14)4-5-8(11)10-2/h7H,3-6H2,1-2H3,(H-,10,11,13,14)/p+1. The lowest BCUT2D eigenvalue weighted by molar-refractivity contribution is -0.147. The molecule has 92 valence electrons. The topological polar surface area (TPSA) is 92.7 Å². The number of amides is 1. The van der Waals surface area contributed by atoms with Gasteiger partial charge in [0, 0.05) is 13.5 Å². The molecule has 0 fully saturated rings. The van der Waals surface area contributed by atoms with E-state index in [1.807, 2.05) is 0 Å². The van der Waals surface area contributed by atoms with Gasteiger partial charge in [0.25, 0.3) is 0 Å². The summed E-state index contributed by atoms with van der Waals surface area (Å²) in [4.78, 5) is 31.1. The average Bonchev–Trinajstić information content (AvgIpc) is 2.23. The maximum atomic E-state index is 11.4. The Bertz CT molecular complexity index is 269. The van der Waals surface area contributed by atoms with Crippen molar-refractivity contribution < 1.29 is 23.8 Å². The molecule has 0 rings (SSSR count). The molecule has 2 atom stereocenters. The zero-order chi connectivity index (χ0) is 12.6. The minimum atomic E-state index is -2.40. The van der Waals surface area contributed by atoms with Crippen molar-refractivity contribution in [3.05, 3.63) is 0 Å². The summed E-state index contributed by atoms with van der Waals surface area (Å²) in [5.74, 6) is -1.42. The van der Waals surface area contributed by atoms with E-state index in [1.165, 1.54) is 7.05 Å². The second-order valence-electron chi connectivity index (χ2n) is 3.20. The maximum absolute atomic E-state index is 11.4. The van der Waals surface area contributed by atoms with Crippen molar-refractivity contribution >= 4 is 19.9 Å². The van der Waals surface area contributed by atoms with Crippen LogP contribution in [0, 0.1) is 5.92 Å². The van der Waals surface area contributed by atoms with E-state index in [4.69, 9.17) is 9.63 Å². The number of hydrogen-bond donors (Lipinski definition) is 2. The van der Waals surface area contributed by atoms with E-state index < -0.39 is 19.9 Å². The van der Waals surface area contributed by atoms with Crippen LogP contribution in [-0.4, -0.2) is 36.6 Å². The first-order valence-electron chi connectivity index (χ1n) is 5.02. The number of carbonyl (C=O) groups excluding carboxylic acids is 2. The Morgan fingerprint density at radius 3 is 2.56 bits per heavy atom. The number of nitrogens with one attached hydrogen (secondary N) is 1. The van der Waals surface area contributed by atoms with Crippen LogP contribution in [0.5, 0.6) is 0 Å². The summed E-state index contributed by atoms with van der Waals surface area (Å²) >= 11 is 0. The first kappa shape index (κ1) is 15.0. The van der Waals surface area contributed by atoms with Crippen molar-refractivity contribution in [3.63, 3.8) is 0 Å². The Morgan fingerprint density at radius 1 is 1.50 bits per heavy atom. The van der Waals surface area contributed by atoms with Gasteiger partial charge in [0.15, 0.2) is 6.16 Å². The monoisotopic (exact) mass is 250 g/mol. The molecule has 0 heterocycles. The van der Waals surface area contributed by atoms with Crippen molar-refractivity contribution in [1.29, 1.82) is 0 Å². The van der Waals surface area contributed by atoms with E-state index in [-0.39, 0.29) is 31.5 Å². The fraction of sp³-hybridized carbons (Fsp3) is 0.778. The Balaban J connectivity index is 4.25. The smallest absolute Gasteiger partial charge is 0.466 e. The van der Waals surface area contributed by atoms with Crippen molar-refractivity contribution in [2.75, 3.05) is 19.8 Å². The van der Waals surface area contributed by atoms with Gasteiger partial charge in [-0.15, -0.1) is 0 Å². The maximum Gasteiger partial charge on any atom is 0.506 e. The van der Waals surface area contributed by atoms with Gasteiger partial charge in [-0.2, -0.15) is 4.89 Å². The fourth-order valence-corrected chi connectivity index (χ4v) is 1.87. The van der Waals surface area contributed by atoms with Gasteiger partial charge in [-0.25, -0.2) is 0 Å². The van der Waals surface area contributed by atoms with Gasteiger partial charge >= 0.3 is 14.0 Å². The number of rotatable bonds is 7. The molecular formula is C9H17NO5P+. The van der Waals surface area contributed by atoms with E-state index in [0.717, 1.165) is 0 Å². The second kappa shape index (κ2) is 8.19. The summed E-state index contributed by atoms with van der Waals surface area (Å²) in [6.07, 6.45) is 0.203. The molecule has 0 spiro atoms. The van der Waals surface area contributed by atoms with Crippen LogP contribution in [0.3, 0.4) is 0 Å². The Morgan fingerprint density at radius 2 is 2.12 bits per heavy atom. The quantitative estimate of drug-likeness (QED) is 0.504. The lowest BCUT2D eigenvalue weighted by Crippen LogP contribution is -2.24. The normalized spacial score (nSPS) is 12.8. The molecule has 7 heteroatoms.